The molecule has 0 aromatic heterocycles. The van der Waals surface area contributed by atoms with Gasteiger partial charge >= 0.3 is 0 Å². The second kappa shape index (κ2) is 18.7. The van der Waals surface area contributed by atoms with Gasteiger partial charge in [-0.15, -0.1) is 0 Å². The monoisotopic (exact) mass is 623 g/mol. The van der Waals surface area contributed by atoms with Crippen LogP contribution in [0.1, 0.15) is 78.2 Å². The summed E-state index contributed by atoms with van der Waals surface area (Å²) in [5.74, 6) is -1.83. The predicted molar refractivity (Wildman–Crippen MR) is 172 cm³/mol. The molecule has 2 rings (SSSR count). The first-order valence-corrected chi connectivity index (χ1v) is 18.0. The van der Waals surface area contributed by atoms with Gasteiger partial charge in [-0.3, -0.25) is 9.59 Å². The minimum Gasteiger partial charge on any atom is -0.390 e. The topological polar surface area (TPSA) is 136 Å². The molecule has 0 spiro atoms. The summed E-state index contributed by atoms with van der Waals surface area (Å²) >= 11 is 0. The molecule has 43 heavy (non-hydrogen) atoms. The Morgan fingerprint density at radius 3 is 2.28 bits per heavy atom. The molecular weight excluding hydrogens is 566 g/mol. The number of carbonyl (C=O) groups excluding carboxylic acids is 2. The van der Waals surface area contributed by atoms with Gasteiger partial charge in [0.25, 0.3) is 0 Å². The zero-order chi connectivity index (χ0) is 32.0. The van der Waals surface area contributed by atoms with Crippen LogP contribution in [0.4, 0.5) is 0 Å². The first-order valence-electron chi connectivity index (χ1n) is 16.2. The highest BCUT2D eigenvalue weighted by Gasteiger charge is 2.32. The molecule has 1 aliphatic rings. The first kappa shape index (κ1) is 37.2. The molecule has 0 heterocycles. The SMILES string of the molecule is CCN(C)CCS(=O)(=O)C[C@@H](Cc1ccccc1)C(=O)NC[C@@H](C)C(=O)N[C@@H](CC1CCCCC1)[C@@H](O)[C@@H](O)CC(C)C. The summed E-state index contributed by atoms with van der Waals surface area (Å²) in [6.45, 7) is 8.80. The van der Waals surface area contributed by atoms with Gasteiger partial charge in [-0.1, -0.05) is 90.1 Å². The zero-order valence-electron chi connectivity index (χ0n) is 27.0. The Labute approximate surface area is 260 Å². The average Bonchev–Trinajstić information content (AvgIpc) is 2.97. The highest BCUT2D eigenvalue weighted by Crippen LogP contribution is 2.29. The summed E-state index contributed by atoms with van der Waals surface area (Å²) in [5.41, 5.74) is 0.869. The Hall–Kier alpha value is -2.01. The van der Waals surface area contributed by atoms with Crippen molar-refractivity contribution in [3.05, 3.63) is 35.9 Å². The van der Waals surface area contributed by atoms with Gasteiger partial charge in [0.05, 0.1) is 35.5 Å². The molecular formula is C33H57N3O6S. The number of aliphatic hydroxyl groups is 2. The molecule has 1 saturated carbocycles. The number of hydrogen-bond donors (Lipinski definition) is 4. The maximum Gasteiger partial charge on any atom is 0.224 e. The molecule has 1 fully saturated rings. The van der Waals surface area contributed by atoms with Crippen molar-refractivity contribution in [3.63, 3.8) is 0 Å². The van der Waals surface area contributed by atoms with Gasteiger partial charge in [0.1, 0.15) is 6.10 Å². The minimum atomic E-state index is -3.50. The summed E-state index contributed by atoms with van der Waals surface area (Å²) in [7, 11) is -1.63. The number of aliphatic hydroxyl groups excluding tert-OH is 2. The summed E-state index contributed by atoms with van der Waals surface area (Å²) in [4.78, 5) is 28.5. The van der Waals surface area contributed by atoms with Crippen LogP contribution in [0.15, 0.2) is 30.3 Å². The summed E-state index contributed by atoms with van der Waals surface area (Å²) in [5, 5.41) is 27.5. The molecule has 2 amide bonds. The molecule has 0 radical (unpaired) electrons. The van der Waals surface area contributed by atoms with Crippen LogP contribution in [0.25, 0.3) is 0 Å². The van der Waals surface area contributed by atoms with Gasteiger partial charge < -0.3 is 25.7 Å². The number of hydrogen-bond acceptors (Lipinski definition) is 7. The van der Waals surface area contributed by atoms with E-state index in [1.807, 2.05) is 63.1 Å². The van der Waals surface area contributed by atoms with Gasteiger partial charge in [-0.05, 0) is 50.3 Å². The third-order valence-corrected chi connectivity index (χ3v) is 10.4. The standard InChI is InChI=1S/C33H57N3O6S/c1-6-36(5)17-18-43(41,42)23-28(20-26-13-9-7-10-14-26)33(40)34-22-25(4)32(39)35-29(21-27-15-11-8-12-16-27)31(38)30(37)19-24(2)3/h7,9-10,13-14,24-25,27-31,37-38H,6,8,11-12,15-23H2,1-5H3,(H,34,40)(H,35,39)/t25-,28-,29+,30+,31-/m1/s1. The summed E-state index contributed by atoms with van der Waals surface area (Å²) in [6, 6.07) is 8.75. The highest BCUT2D eigenvalue weighted by molar-refractivity contribution is 7.91. The van der Waals surface area contributed by atoms with E-state index in [9.17, 15) is 28.2 Å². The van der Waals surface area contributed by atoms with E-state index in [2.05, 4.69) is 10.6 Å². The predicted octanol–water partition coefficient (Wildman–Crippen LogP) is 3.19. The Balaban J connectivity index is 2.06. The number of amides is 2. The van der Waals surface area contributed by atoms with Crippen LogP contribution in [0, 0.1) is 23.7 Å². The van der Waals surface area contributed by atoms with Gasteiger partial charge in [-0.2, -0.15) is 0 Å². The second-order valence-electron chi connectivity index (χ2n) is 13.1. The van der Waals surface area contributed by atoms with Crippen molar-refractivity contribution in [2.24, 2.45) is 23.7 Å². The highest BCUT2D eigenvalue weighted by atomic mass is 32.2. The van der Waals surface area contributed by atoms with Crippen LogP contribution < -0.4 is 10.6 Å². The fraction of sp³-hybridized carbons (Fsp3) is 0.758. The lowest BCUT2D eigenvalue weighted by atomic mass is 9.82. The Morgan fingerprint density at radius 2 is 1.67 bits per heavy atom. The van der Waals surface area contributed by atoms with Gasteiger partial charge in [-0.25, -0.2) is 8.42 Å². The van der Waals surface area contributed by atoms with E-state index in [-0.39, 0.29) is 36.3 Å². The van der Waals surface area contributed by atoms with Crippen LogP contribution in [0.3, 0.4) is 0 Å². The molecule has 1 aromatic carbocycles. The van der Waals surface area contributed by atoms with Gasteiger partial charge in [0.2, 0.25) is 11.8 Å². The van der Waals surface area contributed by atoms with Crippen LogP contribution in [-0.2, 0) is 25.8 Å². The zero-order valence-corrected chi connectivity index (χ0v) is 27.8. The lowest BCUT2D eigenvalue weighted by molar-refractivity contribution is -0.128. The van der Waals surface area contributed by atoms with Crippen molar-refractivity contribution >= 4 is 21.7 Å². The maximum absolute atomic E-state index is 13.3. The van der Waals surface area contributed by atoms with Crippen molar-refractivity contribution in [2.45, 2.75) is 97.3 Å². The van der Waals surface area contributed by atoms with Crippen LogP contribution in [0.2, 0.25) is 0 Å². The molecule has 9 nitrogen and oxygen atoms in total. The number of nitrogens with zero attached hydrogens (tertiary/aromatic N) is 1. The summed E-state index contributed by atoms with van der Waals surface area (Å²) < 4.78 is 25.9. The first-order chi connectivity index (χ1) is 20.3. The molecule has 246 valence electrons. The molecule has 1 aliphatic carbocycles. The Morgan fingerprint density at radius 1 is 1.02 bits per heavy atom. The molecule has 10 heteroatoms. The summed E-state index contributed by atoms with van der Waals surface area (Å²) in [6.07, 6.45) is 4.85. The molecule has 4 N–H and O–H groups in total. The lowest BCUT2D eigenvalue weighted by Crippen LogP contribution is -2.52. The van der Waals surface area contributed by atoms with Crippen LogP contribution in [0.5, 0.6) is 0 Å². The van der Waals surface area contributed by atoms with Crippen molar-refractivity contribution in [1.82, 2.24) is 15.5 Å². The number of rotatable bonds is 19. The van der Waals surface area contributed by atoms with Crippen LogP contribution >= 0.6 is 0 Å². The average molecular weight is 624 g/mol. The largest absolute Gasteiger partial charge is 0.390 e. The smallest absolute Gasteiger partial charge is 0.224 e. The fourth-order valence-electron chi connectivity index (χ4n) is 5.74. The van der Waals surface area contributed by atoms with Gasteiger partial charge in [0, 0.05) is 13.1 Å². The van der Waals surface area contributed by atoms with Crippen molar-refractivity contribution in [2.75, 3.05) is 38.2 Å². The number of sulfone groups is 1. The molecule has 0 saturated heterocycles. The van der Waals surface area contributed by atoms with Crippen molar-refractivity contribution < 1.29 is 28.2 Å². The number of carbonyl (C=O) groups is 2. The van der Waals surface area contributed by atoms with E-state index < -0.39 is 45.8 Å². The van der Waals surface area contributed by atoms with Gasteiger partial charge in [0.15, 0.2) is 9.84 Å². The van der Waals surface area contributed by atoms with E-state index in [0.29, 0.717) is 25.3 Å². The third kappa shape index (κ3) is 14.1. The quantitative estimate of drug-likeness (QED) is 0.186. The molecule has 0 unspecified atom stereocenters. The van der Waals surface area contributed by atoms with Crippen LogP contribution in [-0.4, -0.2) is 91.8 Å². The third-order valence-electron chi connectivity index (χ3n) is 8.66. The lowest BCUT2D eigenvalue weighted by Gasteiger charge is -2.33. The number of nitrogens with one attached hydrogen (secondary N) is 2. The molecule has 0 bridgehead atoms. The maximum atomic E-state index is 13.3. The minimum absolute atomic E-state index is 0.0257. The van der Waals surface area contributed by atoms with E-state index in [1.54, 1.807) is 6.92 Å². The molecule has 1 aromatic rings. The molecule has 0 aliphatic heterocycles. The normalized spacial score (nSPS) is 18.2. The molecule has 5 atom stereocenters. The Kier molecular flexibility index (Phi) is 16.2. The van der Waals surface area contributed by atoms with Crippen molar-refractivity contribution in [1.29, 1.82) is 0 Å². The van der Waals surface area contributed by atoms with Crippen molar-refractivity contribution in [3.8, 4) is 0 Å². The number of benzene rings is 1. The second-order valence-corrected chi connectivity index (χ2v) is 15.3. The fourth-order valence-corrected chi connectivity index (χ4v) is 7.38. The van der Waals surface area contributed by atoms with E-state index in [1.165, 1.54) is 6.42 Å². The van der Waals surface area contributed by atoms with E-state index in [4.69, 9.17) is 0 Å². The van der Waals surface area contributed by atoms with E-state index in [0.717, 1.165) is 37.8 Å². The van der Waals surface area contributed by atoms with E-state index >= 15 is 0 Å². The Bertz CT molecular complexity index is 1060.